The Kier molecular flexibility index (Phi) is 8.98. The Morgan fingerprint density at radius 1 is 0.879 bits per heavy atom. The maximum atomic E-state index is 13.8. The lowest BCUT2D eigenvalue weighted by molar-refractivity contribution is -0.400. The van der Waals surface area contributed by atoms with E-state index in [9.17, 15) is 26.3 Å². The summed E-state index contributed by atoms with van der Waals surface area (Å²) in [6.07, 6.45) is -10.9. The summed E-state index contributed by atoms with van der Waals surface area (Å²) in [5.41, 5.74) is -2.15. The van der Waals surface area contributed by atoms with E-state index in [1.807, 2.05) is 0 Å². The standard InChI is InChI=1S/C22H25F6NO4/c1-4-6-15-13-16(20(21(23,24)25,22(26,27)28)31-14-30-3)7-12-19(15)33-18-10-8-17(9-11-18)29-32-5-2/h7-13,29H,4-6,14H2,1-3H3. The van der Waals surface area contributed by atoms with Crippen LogP contribution in [0.5, 0.6) is 11.5 Å². The minimum Gasteiger partial charge on any atom is -0.457 e. The van der Waals surface area contributed by atoms with E-state index in [1.54, 1.807) is 38.1 Å². The summed E-state index contributed by atoms with van der Waals surface area (Å²) >= 11 is 0. The normalized spacial score (nSPS) is 12.6. The van der Waals surface area contributed by atoms with Crippen LogP contribution in [-0.4, -0.2) is 32.9 Å². The zero-order chi connectivity index (χ0) is 24.7. The summed E-state index contributed by atoms with van der Waals surface area (Å²) in [4.78, 5) is 5.06. The van der Waals surface area contributed by atoms with Crippen molar-refractivity contribution in [3.63, 3.8) is 0 Å². The van der Waals surface area contributed by atoms with Crippen LogP contribution in [-0.2, 0) is 26.3 Å². The lowest BCUT2D eigenvalue weighted by Gasteiger charge is -2.37. The molecule has 0 unspecified atom stereocenters. The average molecular weight is 481 g/mol. The molecule has 0 amide bonds. The fourth-order valence-corrected chi connectivity index (χ4v) is 3.12. The molecule has 184 valence electrons. The zero-order valence-electron chi connectivity index (χ0n) is 18.3. The van der Waals surface area contributed by atoms with Crippen LogP contribution in [0, 0.1) is 0 Å². The van der Waals surface area contributed by atoms with Crippen molar-refractivity contribution < 1.29 is 45.4 Å². The fourth-order valence-electron chi connectivity index (χ4n) is 3.12. The number of halogens is 6. The van der Waals surface area contributed by atoms with E-state index in [4.69, 9.17) is 9.57 Å². The average Bonchev–Trinajstić information content (AvgIpc) is 2.73. The topological polar surface area (TPSA) is 49.0 Å². The van der Waals surface area contributed by atoms with Gasteiger partial charge in [-0.15, -0.1) is 0 Å². The zero-order valence-corrected chi connectivity index (χ0v) is 18.3. The predicted molar refractivity (Wildman–Crippen MR) is 109 cm³/mol. The lowest BCUT2D eigenvalue weighted by Crippen LogP contribution is -2.56. The van der Waals surface area contributed by atoms with Gasteiger partial charge < -0.3 is 14.2 Å². The minimum atomic E-state index is -5.79. The van der Waals surface area contributed by atoms with Crippen molar-refractivity contribution in [2.24, 2.45) is 0 Å². The molecule has 0 aliphatic rings. The number of nitrogens with one attached hydrogen (secondary N) is 1. The molecule has 0 atom stereocenters. The quantitative estimate of drug-likeness (QED) is 0.219. The van der Waals surface area contributed by atoms with E-state index < -0.39 is 30.3 Å². The molecule has 0 spiro atoms. The number of hydrogen-bond acceptors (Lipinski definition) is 5. The smallest absolute Gasteiger partial charge is 0.430 e. The third kappa shape index (κ3) is 6.10. The third-order valence-electron chi connectivity index (χ3n) is 4.59. The molecule has 0 aliphatic heterocycles. The van der Waals surface area contributed by atoms with E-state index in [0.717, 1.165) is 19.2 Å². The Bertz CT molecular complexity index is 870. The molecule has 2 rings (SSSR count). The van der Waals surface area contributed by atoms with Gasteiger partial charge in [-0.3, -0.25) is 10.3 Å². The molecule has 0 fully saturated rings. The molecule has 11 heteroatoms. The number of anilines is 1. The first-order chi connectivity index (χ1) is 15.5. The second kappa shape index (κ2) is 11.1. The number of hydrogen-bond donors (Lipinski definition) is 1. The van der Waals surface area contributed by atoms with Crippen LogP contribution < -0.4 is 10.2 Å². The second-order valence-corrected chi connectivity index (χ2v) is 6.96. The molecule has 0 bridgehead atoms. The number of methoxy groups -OCH3 is 1. The van der Waals surface area contributed by atoms with Gasteiger partial charge in [0.25, 0.3) is 5.60 Å². The van der Waals surface area contributed by atoms with Crippen molar-refractivity contribution in [3.8, 4) is 11.5 Å². The number of rotatable bonds is 11. The van der Waals surface area contributed by atoms with Crippen LogP contribution in [0.4, 0.5) is 32.0 Å². The maximum Gasteiger partial charge on any atom is 0.430 e. The third-order valence-corrected chi connectivity index (χ3v) is 4.59. The molecule has 5 nitrogen and oxygen atoms in total. The number of ether oxygens (including phenoxy) is 3. The summed E-state index contributed by atoms with van der Waals surface area (Å²) in [7, 11) is 0.937. The first-order valence-electron chi connectivity index (χ1n) is 10.1. The van der Waals surface area contributed by atoms with E-state index in [2.05, 4.69) is 15.0 Å². The van der Waals surface area contributed by atoms with E-state index in [-0.39, 0.29) is 17.7 Å². The van der Waals surface area contributed by atoms with E-state index >= 15 is 0 Å². The summed E-state index contributed by atoms with van der Waals surface area (Å²) in [5, 5.41) is 0. The molecule has 0 heterocycles. The minimum absolute atomic E-state index is 0.135. The SMILES string of the molecule is CCCc1cc(C(OCOC)(C(F)(F)F)C(F)(F)F)ccc1Oc1ccc(NOCC)cc1. The van der Waals surface area contributed by atoms with Gasteiger partial charge in [0.15, 0.2) is 0 Å². The van der Waals surface area contributed by atoms with Crippen LogP contribution in [0.2, 0.25) is 0 Å². The monoisotopic (exact) mass is 481 g/mol. The Hall–Kier alpha value is -2.50. The molecule has 2 aromatic carbocycles. The Labute approximate surface area is 187 Å². The van der Waals surface area contributed by atoms with Crippen LogP contribution >= 0.6 is 0 Å². The molecule has 33 heavy (non-hydrogen) atoms. The highest BCUT2D eigenvalue weighted by atomic mass is 19.4. The molecule has 1 N–H and O–H groups in total. The Morgan fingerprint density at radius 2 is 1.52 bits per heavy atom. The molecule has 0 saturated heterocycles. The van der Waals surface area contributed by atoms with Gasteiger partial charge in [0, 0.05) is 12.7 Å². The van der Waals surface area contributed by atoms with E-state index in [0.29, 0.717) is 30.5 Å². The number of aryl methyl sites for hydroxylation is 1. The molecular weight excluding hydrogens is 456 g/mol. The Balaban J connectivity index is 2.48. The highest BCUT2D eigenvalue weighted by Crippen LogP contribution is 2.53. The van der Waals surface area contributed by atoms with Crippen LogP contribution in [0.25, 0.3) is 0 Å². The largest absolute Gasteiger partial charge is 0.457 e. The van der Waals surface area contributed by atoms with Crippen LogP contribution in [0.1, 0.15) is 31.4 Å². The van der Waals surface area contributed by atoms with Crippen molar-refractivity contribution in [2.45, 2.75) is 44.6 Å². The summed E-state index contributed by atoms with van der Waals surface area (Å²) in [6, 6.07) is 9.07. The van der Waals surface area contributed by atoms with Gasteiger partial charge in [-0.2, -0.15) is 26.3 Å². The van der Waals surface area contributed by atoms with Crippen molar-refractivity contribution in [2.75, 3.05) is 26.0 Å². The first-order valence-corrected chi connectivity index (χ1v) is 10.1. The molecule has 2 aromatic rings. The predicted octanol–water partition coefficient (Wildman–Crippen LogP) is 6.74. The fraction of sp³-hybridized carbons (Fsp3) is 0.455. The molecular formula is C22H25F6NO4. The lowest BCUT2D eigenvalue weighted by atomic mass is 9.89. The van der Waals surface area contributed by atoms with Crippen LogP contribution in [0.15, 0.2) is 42.5 Å². The maximum absolute atomic E-state index is 13.8. The second-order valence-electron chi connectivity index (χ2n) is 6.96. The summed E-state index contributed by atoms with van der Waals surface area (Å²) in [6.45, 7) is 2.78. The first kappa shape index (κ1) is 26.7. The van der Waals surface area contributed by atoms with Gasteiger partial charge in [0.1, 0.15) is 18.3 Å². The van der Waals surface area contributed by atoms with Gasteiger partial charge in [-0.25, -0.2) is 0 Å². The van der Waals surface area contributed by atoms with Crippen molar-refractivity contribution >= 4 is 5.69 Å². The van der Waals surface area contributed by atoms with Crippen molar-refractivity contribution in [1.29, 1.82) is 0 Å². The summed E-state index contributed by atoms with van der Waals surface area (Å²) < 4.78 is 97.3. The van der Waals surface area contributed by atoms with Crippen LogP contribution in [0.3, 0.4) is 0 Å². The number of benzene rings is 2. The Morgan fingerprint density at radius 3 is 2.03 bits per heavy atom. The number of alkyl halides is 6. The molecule has 0 aromatic heterocycles. The molecule has 0 radical (unpaired) electrons. The highest BCUT2D eigenvalue weighted by Gasteiger charge is 2.73. The van der Waals surface area contributed by atoms with Gasteiger partial charge in [0.2, 0.25) is 0 Å². The van der Waals surface area contributed by atoms with Gasteiger partial charge in [0.05, 0.1) is 12.3 Å². The molecule has 0 saturated carbocycles. The summed E-state index contributed by atoms with van der Waals surface area (Å²) in [5.74, 6) is 0.479. The van der Waals surface area contributed by atoms with Crippen molar-refractivity contribution in [3.05, 3.63) is 53.6 Å². The van der Waals surface area contributed by atoms with Gasteiger partial charge in [-0.1, -0.05) is 19.4 Å². The van der Waals surface area contributed by atoms with Gasteiger partial charge >= 0.3 is 12.4 Å². The van der Waals surface area contributed by atoms with Crippen molar-refractivity contribution in [1.82, 2.24) is 0 Å². The molecule has 0 aliphatic carbocycles. The van der Waals surface area contributed by atoms with E-state index in [1.165, 1.54) is 0 Å². The van der Waals surface area contributed by atoms with Gasteiger partial charge in [-0.05, 0) is 55.3 Å². The highest BCUT2D eigenvalue weighted by molar-refractivity contribution is 5.47.